The Hall–Kier alpha value is -2.37. The highest BCUT2D eigenvalue weighted by Gasteiger charge is 2.12. The molecule has 1 aromatic heterocycles. The van der Waals surface area contributed by atoms with Gasteiger partial charge in [-0.05, 0) is 24.0 Å². The van der Waals surface area contributed by atoms with Crippen LogP contribution in [0.3, 0.4) is 0 Å². The van der Waals surface area contributed by atoms with Crippen LogP contribution in [0.15, 0.2) is 33.9 Å². The number of H-pyrrole nitrogens is 1. The number of hydrogen-bond acceptors (Lipinski definition) is 3. The summed E-state index contributed by atoms with van der Waals surface area (Å²) in [6, 6.07) is 6.56. The Morgan fingerprint density at radius 1 is 1.18 bits per heavy atom. The third-order valence-corrected chi connectivity index (χ3v) is 3.38. The monoisotopic (exact) mass is 303 g/mol. The van der Waals surface area contributed by atoms with Crippen molar-refractivity contribution in [2.24, 2.45) is 5.41 Å². The fraction of sp³-hybridized carbons (Fsp3) is 0.438. The number of aromatic nitrogens is 2. The van der Waals surface area contributed by atoms with Crippen LogP contribution >= 0.6 is 0 Å². The van der Waals surface area contributed by atoms with Gasteiger partial charge >= 0.3 is 0 Å². The first-order valence-corrected chi connectivity index (χ1v) is 7.26. The zero-order valence-electron chi connectivity index (χ0n) is 13.1. The molecule has 0 aliphatic rings. The molecule has 118 valence electrons. The molecule has 0 unspecified atom stereocenters. The first-order chi connectivity index (χ1) is 10.3. The smallest absolute Gasteiger partial charge is 0.273 e. The summed E-state index contributed by atoms with van der Waals surface area (Å²) in [7, 11) is 0. The average Bonchev–Trinajstić information content (AvgIpc) is 2.43. The maximum Gasteiger partial charge on any atom is 0.273 e. The van der Waals surface area contributed by atoms with Gasteiger partial charge in [0.15, 0.2) is 0 Å². The molecule has 1 amide bonds. The highest BCUT2D eigenvalue weighted by molar-refractivity contribution is 5.81. The van der Waals surface area contributed by atoms with Crippen LogP contribution in [0.1, 0.15) is 27.2 Å². The molecule has 6 heteroatoms. The molecule has 0 saturated heterocycles. The number of hydrogen-bond donors (Lipinski definition) is 2. The average molecular weight is 303 g/mol. The van der Waals surface area contributed by atoms with Crippen molar-refractivity contribution < 1.29 is 4.79 Å². The standard InChI is InChI=1S/C16H21N3O3/c1-16(2,3)8-9-17-13(20)10-19-15(22)12-7-5-4-6-11(12)14(21)18-19/h4-7H,8-10H2,1-3H3,(H,17,20)(H,18,21). The lowest BCUT2D eigenvalue weighted by atomic mass is 9.92. The van der Waals surface area contributed by atoms with E-state index in [1.807, 2.05) is 0 Å². The predicted molar refractivity (Wildman–Crippen MR) is 85.9 cm³/mol. The summed E-state index contributed by atoms with van der Waals surface area (Å²) < 4.78 is 1.05. The van der Waals surface area contributed by atoms with Gasteiger partial charge in [-0.15, -0.1) is 0 Å². The van der Waals surface area contributed by atoms with Crippen molar-refractivity contribution >= 4 is 16.7 Å². The van der Waals surface area contributed by atoms with Crippen LogP contribution in [-0.4, -0.2) is 22.2 Å². The van der Waals surface area contributed by atoms with Crippen LogP contribution in [0.4, 0.5) is 0 Å². The van der Waals surface area contributed by atoms with E-state index >= 15 is 0 Å². The van der Waals surface area contributed by atoms with Gasteiger partial charge in [0.1, 0.15) is 6.54 Å². The van der Waals surface area contributed by atoms with Crippen LogP contribution in [0, 0.1) is 5.41 Å². The van der Waals surface area contributed by atoms with E-state index in [4.69, 9.17) is 0 Å². The Balaban J connectivity index is 2.15. The fourth-order valence-electron chi connectivity index (χ4n) is 2.13. The van der Waals surface area contributed by atoms with Crippen molar-refractivity contribution in [3.05, 3.63) is 45.0 Å². The topological polar surface area (TPSA) is 84.0 Å². The zero-order chi connectivity index (χ0) is 16.3. The molecule has 2 aromatic rings. The van der Waals surface area contributed by atoms with Gasteiger partial charge in [-0.25, -0.2) is 4.68 Å². The Bertz CT molecular complexity index is 797. The first kappa shape index (κ1) is 16.0. The summed E-state index contributed by atoms with van der Waals surface area (Å²) in [5, 5.41) is 5.85. The van der Waals surface area contributed by atoms with Gasteiger partial charge in [-0.1, -0.05) is 32.9 Å². The normalized spacial score (nSPS) is 11.6. The predicted octanol–water partition coefficient (Wildman–Crippen LogP) is 1.24. The maximum atomic E-state index is 12.3. The van der Waals surface area contributed by atoms with E-state index in [2.05, 4.69) is 31.2 Å². The Morgan fingerprint density at radius 2 is 1.82 bits per heavy atom. The number of rotatable bonds is 4. The minimum atomic E-state index is -0.377. The second-order valence-electron chi connectivity index (χ2n) is 6.54. The van der Waals surface area contributed by atoms with E-state index in [1.54, 1.807) is 24.3 Å². The van der Waals surface area contributed by atoms with E-state index in [-0.39, 0.29) is 29.0 Å². The summed E-state index contributed by atoms with van der Waals surface area (Å²) in [6.07, 6.45) is 0.835. The van der Waals surface area contributed by atoms with Gasteiger partial charge in [0.25, 0.3) is 11.1 Å². The number of nitrogens with zero attached hydrogens (tertiary/aromatic N) is 1. The van der Waals surface area contributed by atoms with Crippen LogP contribution in [-0.2, 0) is 11.3 Å². The molecular weight excluding hydrogens is 282 g/mol. The number of amides is 1. The number of fused-ring (bicyclic) bond motifs is 1. The molecule has 0 saturated carbocycles. The molecule has 0 atom stereocenters. The molecule has 2 N–H and O–H groups in total. The van der Waals surface area contributed by atoms with Gasteiger partial charge < -0.3 is 5.32 Å². The van der Waals surface area contributed by atoms with Crippen molar-refractivity contribution in [1.82, 2.24) is 15.1 Å². The van der Waals surface area contributed by atoms with Gasteiger partial charge in [0.2, 0.25) is 5.91 Å². The molecule has 0 fully saturated rings. The van der Waals surface area contributed by atoms with Crippen LogP contribution in [0.25, 0.3) is 10.8 Å². The lowest BCUT2D eigenvalue weighted by Crippen LogP contribution is -2.37. The van der Waals surface area contributed by atoms with E-state index < -0.39 is 0 Å². The van der Waals surface area contributed by atoms with E-state index in [9.17, 15) is 14.4 Å². The summed E-state index contributed by atoms with van der Waals surface area (Å²) in [4.78, 5) is 36.1. The summed E-state index contributed by atoms with van der Waals surface area (Å²) in [5.41, 5.74) is -0.625. The number of carbonyl (C=O) groups excluding carboxylic acids is 1. The molecule has 1 heterocycles. The van der Waals surface area contributed by atoms with Gasteiger partial charge in [0.05, 0.1) is 10.8 Å². The fourth-order valence-corrected chi connectivity index (χ4v) is 2.13. The van der Waals surface area contributed by atoms with Crippen LogP contribution < -0.4 is 16.4 Å². The molecule has 6 nitrogen and oxygen atoms in total. The van der Waals surface area contributed by atoms with E-state index in [0.717, 1.165) is 11.1 Å². The molecule has 0 bridgehead atoms. The minimum absolute atomic E-state index is 0.126. The molecule has 1 aromatic carbocycles. The van der Waals surface area contributed by atoms with Crippen molar-refractivity contribution in [1.29, 1.82) is 0 Å². The van der Waals surface area contributed by atoms with Crippen LogP contribution in [0.2, 0.25) is 0 Å². The van der Waals surface area contributed by atoms with Gasteiger partial charge in [-0.2, -0.15) is 0 Å². The van der Waals surface area contributed by atoms with Crippen LogP contribution in [0.5, 0.6) is 0 Å². The van der Waals surface area contributed by atoms with Gasteiger partial charge in [0, 0.05) is 6.54 Å². The second-order valence-corrected chi connectivity index (χ2v) is 6.54. The molecule has 0 aliphatic heterocycles. The number of benzene rings is 1. The second kappa shape index (κ2) is 6.17. The van der Waals surface area contributed by atoms with Crippen molar-refractivity contribution in [3.63, 3.8) is 0 Å². The van der Waals surface area contributed by atoms with E-state index in [0.29, 0.717) is 17.3 Å². The lowest BCUT2D eigenvalue weighted by Gasteiger charge is -2.18. The molecule has 22 heavy (non-hydrogen) atoms. The Labute approximate surface area is 128 Å². The third-order valence-electron chi connectivity index (χ3n) is 3.38. The molecule has 2 rings (SSSR count). The maximum absolute atomic E-state index is 12.3. The molecule has 0 radical (unpaired) electrons. The highest BCUT2D eigenvalue weighted by atomic mass is 16.2. The SMILES string of the molecule is CC(C)(C)CCNC(=O)Cn1[nH]c(=O)c2ccccc2c1=O. The quantitative estimate of drug-likeness (QED) is 0.891. The zero-order valence-corrected chi connectivity index (χ0v) is 13.1. The molecule has 0 aliphatic carbocycles. The summed E-state index contributed by atoms with van der Waals surface area (Å²) in [6.45, 7) is 6.61. The number of nitrogens with one attached hydrogen (secondary N) is 2. The number of aromatic amines is 1. The Kier molecular flexibility index (Phi) is 4.49. The summed E-state index contributed by atoms with van der Waals surface area (Å²) >= 11 is 0. The molecule has 0 spiro atoms. The summed E-state index contributed by atoms with van der Waals surface area (Å²) in [5.74, 6) is -0.294. The third kappa shape index (κ3) is 3.84. The number of carbonyl (C=O) groups is 1. The Morgan fingerprint density at radius 3 is 2.45 bits per heavy atom. The minimum Gasteiger partial charge on any atom is -0.354 e. The lowest BCUT2D eigenvalue weighted by molar-refractivity contribution is -0.122. The van der Waals surface area contributed by atoms with E-state index in [1.165, 1.54) is 0 Å². The van der Waals surface area contributed by atoms with Crippen molar-refractivity contribution in [2.75, 3.05) is 6.54 Å². The van der Waals surface area contributed by atoms with Crippen molar-refractivity contribution in [3.8, 4) is 0 Å². The largest absolute Gasteiger partial charge is 0.354 e. The van der Waals surface area contributed by atoms with Crippen molar-refractivity contribution in [2.45, 2.75) is 33.7 Å². The first-order valence-electron chi connectivity index (χ1n) is 7.26. The molecular formula is C16H21N3O3. The highest BCUT2D eigenvalue weighted by Crippen LogP contribution is 2.16. The van der Waals surface area contributed by atoms with Gasteiger partial charge in [-0.3, -0.25) is 19.5 Å².